The monoisotopic (exact) mass is 310 g/mol. The van der Waals surface area contributed by atoms with Gasteiger partial charge < -0.3 is 23.8 Å². The molecule has 0 saturated carbocycles. The first kappa shape index (κ1) is 14.4. The fourth-order valence-corrected chi connectivity index (χ4v) is 2.52. The minimum Gasteiger partial charge on any atom is -0.465 e. The summed E-state index contributed by atoms with van der Waals surface area (Å²) in [5.41, 5.74) is -0.0172. The third-order valence-electron chi connectivity index (χ3n) is 3.54. The fraction of sp³-hybridized carbons (Fsp3) is 0.462. The van der Waals surface area contributed by atoms with E-state index >= 15 is 0 Å². The van der Waals surface area contributed by atoms with Crippen molar-refractivity contribution in [3.63, 3.8) is 0 Å². The zero-order valence-electron chi connectivity index (χ0n) is 11.9. The predicted molar refractivity (Wildman–Crippen MR) is 73.6 cm³/mol. The molecule has 0 amide bonds. The van der Waals surface area contributed by atoms with E-state index < -0.39 is 16.6 Å². The normalized spacial score (nSPS) is 16.5. The quantitative estimate of drug-likeness (QED) is 0.462. The molecular weight excluding hydrogens is 296 g/mol. The van der Waals surface area contributed by atoms with Gasteiger partial charge in [-0.2, -0.15) is 0 Å². The van der Waals surface area contributed by atoms with Crippen LogP contribution in [-0.4, -0.2) is 51.1 Å². The first-order valence-electron chi connectivity index (χ1n) is 6.65. The van der Waals surface area contributed by atoms with Crippen LogP contribution in [0.2, 0.25) is 0 Å². The van der Waals surface area contributed by atoms with Crippen molar-refractivity contribution in [1.29, 1.82) is 0 Å². The molecule has 1 fully saturated rings. The van der Waals surface area contributed by atoms with Crippen LogP contribution < -0.4 is 14.4 Å². The van der Waals surface area contributed by atoms with Crippen molar-refractivity contribution in [2.24, 2.45) is 0 Å². The maximum atomic E-state index is 11.9. The molecule has 0 aromatic heterocycles. The Bertz CT molecular complexity index is 625. The molecule has 118 valence electrons. The Morgan fingerprint density at radius 3 is 2.64 bits per heavy atom. The average molecular weight is 310 g/mol. The van der Waals surface area contributed by atoms with Gasteiger partial charge in [-0.25, -0.2) is 4.79 Å². The standard InChI is InChI=1S/C13H14N2O7/c1-19-13(16)8-6-9(14-2-4-20-5-3-14)11-12(22-7-21-11)10(8)15(17)18/h6H,2-5,7H2,1H3. The molecule has 0 bridgehead atoms. The molecule has 2 heterocycles. The molecule has 0 unspecified atom stereocenters. The zero-order chi connectivity index (χ0) is 15.7. The summed E-state index contributed by atoms with van der Waals surface area (Å²) in [5, 5.41) is 11.3. The molecule has 3 rings (SSSR count). The Labute approximate surface area is 125 Å². The van der Waals surface area contributed by atoms with E-state index in [1.807, 2.05) is 4.90 Å². The van der Waals surface area contributed by atoms with Crippen LogP contribution in [-0.2, 0) is 9.47 Å². The minimum absolute atomic E-state index is 0.0330. The Morgan fingerprint density at radius 2 is 2.00 bits per heavy atom. The van der Waals surface area contributed by atoms with E-state index in [2.05, 4.69) is 4.74 Å². The SMILES string of the molecule is COC(=O)c1cc(N2CCOCC2)c2c(c1[N+](=O)[O-])OCO2. The molecule has 0 radical (unpaired) electrons. The van der Waals surface area contributed by atoms with Gasteiger partial charge in [-0.15, -0.1) is 0 Å². The van der Waals surface area contributed by atoms with E-state index in [-0.39, 0.29) is 23.9 Å². The smallest absolute Gasteiger partial charge is 0.345 e. The van der Waals surface area contributed by atoms with Crippen LogP contribution in [0.1, 0.15) is 10.4 Å². The number of methoxy groups -OCH3 is 1. The molecule has 9 nitrogen and oxygen atoms in total. The van der Waals surface area contributed by atoms with Crippen molar-refractivity contribution < 1.29 is 28.7 Å². The molecule has 0 N–H and O–H groups in total. The first-order valence-corrected chi connectivity index (χ1v) is 6.65. The second-order valence-electron chi connectivity index (χ2n) is 4.70. The first-order chi connectivity index (χ1) is 10.6. The number of carbonyl (C=O) groups excluding carboxylic acids is 1. The lowest BCUT2D eigenvalue weighted by atomic mass is 10.1. The molecule has 2 aliphatic heterocycles. The van der Waals surface area contributed by atoms with Gasteiger partial charge in [0, 0.05) is 13.1 Å². The fourth-order valence-electron chi connectivity index (χ4n) is 2.52. The van der Waals surface area contributed by atoms with Crippen molar-refractivity contribution in [2.45, 2.75) is 0 Å². The molecule has 1 aromatic rings. The summed E-state index contributed by atoms with van der Waals surface area (Å²) in [7, 11) is 1.17. The number of anilines is 1. The van der Waals surface area contributed by atoms with Gasteiger partial charge in [0.2, 0.25) is 12.5 Å². The maximum Gasteiger partial charge on any atom is 0.345 e. The summed E-state index contributed by atoms with van der Waals surface area (Å²) in [4.78, 5) is 24.5. The van der Waals surface area contributed by atoms with E-state index in [9.17, 15) is 14.9 Å². The van der Waals surface area contributed by atoms with Crippen molar-refractivity contribution in [1.82, 2.24) is 0 Å². The molecule has 0 atom stereocenters. The second-order valence-corrected chi connectivity index (χ2v) is 4.70. The lowest BCUT2D eigenvalue weighted by molar-refractivity contribution is -0.386. The lowest BCUT2D eigenvalue weighted by Gasteiger charge is -2.29. The van der Waals surface area contributed by atoms with Gasteiger partial charge in [0.15, 0.2) is 5.75 Å². The van der Waals surface area contributed by atoms with Crippen LogP contribution in [0, 0.1) is 10.1 Å². The Kier molecular flexibility index (Phi) is 3.72. The number of carbonyl (C=O) groups is 1. The summed E-state index contributed by atoms with van der Waals surface area (Å²) in [6.07, 6.45) is 0. The number of fused-ring (bicyclic) bond motifs is 1. The molecular formula is C13H14N2O7. The van der Waals surface area contributed by atoms with Crippen LogP contribution in [0.5, 0.6) is 11.5 Å². The average Bonchev–Trinajstić information content (AvgIpc) is 3.02. The summed E-state index contributed by atoms with van der Waals surface area (Å²) >= 11 is 0. The van der Waals surface area contributed by atoms with Gasteiger partial charge in [-0.1, -0.05) is 0 Å². The topological polar surface area (TPSA) is 100 Å². The molecule has 1 saturated heterocycles. The highest BCUT2D eigenvalue weighted by atomic mass is 16.7. The summed E-state index contributed by atoms with van der Waals surface area (Å²) in [6, 6.07) is 1.42. The molecule has 22 heavy (non-hydrogen) atoms. The number of nitro benzene ring substituents is 1. The Morgan fingerprint density at radius 1 is 1.32 bits per heavy atom. The van der Waals surface area contributed by atoms with E-state index in [1.165, 1.54) is 13.2 Å². The van der Waals surface area contributed by atoms with Gasteiger partial charge in [0.1, 0.15) is 5.56 Å². The van der Waals surface area contributed by atoms with Crippen molar-refractivity contribution >= 4 is 17.3 Å². The van der Waals surface area contributed by atoms with Crippen molar-refractivity contribution in [3.05, 3.63) is 21.7 Å². The van der Waals surface area contributed by atoms with E-state index in [0.717, 1.165) is 0 Å². The third-order valence-corrected chi connectivity index (χ3v) is 3.54. The van der Waals surface area contributed by atoms with Gasteiger partial charge in [0.25, 0.3) is 0 Å². The van der Waals surface area contributed by atoms with E-state index in [4.69, 9.17) is 14.2 Å². The number of nitrogens with zero attached hydrogens (tertiary/aromatic N) is 2. The Balaban J connectivity index is 2.17. The summed E-state index contributed by atoms with van der Waals surface area (Å²) < 4.78 is 20.5. The van der Waals surface area contributed by atoms with Crippen LogP contribution in [0.3, 0.4) is 0 Å². The number of benzene rings is 1. The third kappa shape index (κ3) is 2.29. The number of hydrogen-bond acceptors (Lipinski definition) is 8. The van der Waals surface area contributed by atoms with Crippen LogP contribution in [0.25, 0.3) is 0 Å². The number of rotatable bonds is 3. The lowest BCUT2D eigenvalue weighted by Crippen LogP contribution is -2.36. The molecule has 0 spiro atoms. The number of ether oxygens (including phenoxy) is 4. The highest BCUT2D eigenvalue weighted by Crippen LogP contribution is 2.49. The van der Waals surface area contributed by atoms with Gasteiger partial charge in [0.05, 0.1) is 30.9 Å². The molecule has 1 aromatic carbocycles. The maximum absolute atomic E-state index is 11.9. The zero-order valence-corrected chi connectivity index (χ0v) is 11.9. The summed E-state index contributed by atoms with van der Waals surface area (Å²) in [5.74, 6) is -0.546. The largest absolute Gasteiger partial charge is 0.465 e. The molecule has 9 heteroatoms. The van der Waals surface area contributed by atoms with Gasteiger partial charge >= 0.3 is 11.7 Å². The van der Waals surface area contributed by atoms with Crippen LogP contribution >= 0.6 is 0 Å². The predicted octanol–water partition coefficient (Wildman–Crippen LogP) is 0.947. The van der Waals surface area contributed by atoms with Crippen molar-refractivity contribution in [2.75, 3.05) is 45.1 Å². The highest BCUT2D eigenvalue weighted by Gasteiger charge is 2.37. The number of esters is 1. The minimum atomic E-state index is -0.792. The molecule has 2 aliphatic rings. The highest BCUT2D eigenvalue weighted by molar-refractivity contribution is 5.98. The number of nitro groups is 1. The number of morpholine rings is 1. The van der Waals surface area contributed by atoms with Gasteiger partial charge in [-0.05, 0) is 6.07 Å². The Hall–Kier alpha value is -2.55. The van der Waals surface area contributed by atoms with Crippen LogP contribution in [0.4, 0.5) is 11.4 Å². The van der Waals surface area contributed by atoms with Crippen molar-refractivity contribution in [3.8, 4) is 11.5 Å². The summed E-state index contributed by atoms with van der Waals surface area (Å²) in [6.45, 7) is 2.11. The van der Waals surface area contributed by atoms with E-state index in [1.54, 1.807) is 0 Å². The van der Waals surface area contributed by atoms with Crippen LogP contribution in [0.15, 0.2) is 6.07 Å². The van der Waals surface area contributed by atoms with Gasteiger partial charge in [-0.3, -0.25) is 10.1 Å². The number of hydrogen-bond donors (Lipinski definition) is 0. The van der Waals surface area contributed by atoms with E-state index in [0.29, 0.717) is 32.0 Å². The second kappa shape index (κ2) is 5.68. The molecule has 0 aliphatic carbocycles.